The molecule has 6 heterocycles. The van der Waals surface area contributed by atoms with Gasteiger partial charge < -0.3 is 4.57 Å². The number of aromatic nitrogens is 7. The molecule has 0 amide bonds. The van der Waals surface area contributed by atoms with Crippen molar-refractivity contribution < 1.29 is 0 Å². The summed E-state index contributed by atoms with van der Waals surface area (Å²) in [6.07, 6.45) is 7.61. The van der Waals surface area contributed by atoms with Crippen molar-refractivity contribution in [3.8, 4) is 51.1 Å². The highest BCUT2D eigenvalue weighted by Crippen LogP contribution is 2.50. The molecule has 0 bridgehead atoms. The number of benzene rings is 13. The maximum absolute atomic E-state index is 5.63. The fourth-order valence-electron chi connectivity index (χ4n) is 15.4. The van der Waals surface area contributed by atoms with Crippen LogP contribution in [0.5, 0.6) is 0 Å². The van der Waals surface area contributed by atoms with Gasteiger partial charge in [-0.05, 0) is 135 Å². The van der Waals surface area contributed by atoms with Gasteiger partial charge in [0, 0.05) is 75.2 Å². The predicted molar refractivity (Wildman–Crippen MR) is 391 cm³/mol. The third-order valence-corrected chi connectivity index (χ3v) is 20.7. The summed E-state index contributed by atoms with van der Waals surface area (Å²) in [4.78, 5) is 22.4. The number of nitrogens with zero attached hydrogens (tertiary/aromatic N) is 7. The Kier molecular flexibility index (Phi) is 11.2. The van der Waals surface area contributed by atoms with E-state index in [-0.39, 0.29) is 0 Å². The predicted octanol–water partition coefficient (Wildman–Crippen LogP) is 22.5. The van der Waals surface area contributed by atoms with Crippen LogP contribution in [0, 0.1) is 5.92 Å². The Morgan fingerprint density at radius 1 is 0.366 bits per heavy atom. The molecule has 6 aromatic heterocycles. The molecular formula is C85H53N7S. The van der Waals surface area contributed by atoms with Crippen molar-refractivity contribution in [2.24, 2.45) is 5.92 Å². The Bertz CT molecular complexity index is 6480. The summed E-state index contributed by atoms with van der Waals surface area (Å²) in [5, 5.41) is 16.2. The van der Waals surface area contributed by atoms with Crippen LogP contribution in [0.1, 0.15) is 19.0 Å². The third kappa shape index (κ3) is 7.83. The molecule has 0 spiro atoms. The molecule has 8 heteroatoms. The highest BCUT2D eigenvalue weighted by Gasteiger charge is 2.26. The Morgan fingerprint density at radius 3 is 1.70 bits per heavy atom. The van der Waals surface area contributed by atoms with Gasteiger partial charge in [-0.15, -0.1) is 11.3 Å². The highest BCUT2D eigenvalue weighted by molar-refractivity contribution is 7.27. The Balaban J connectivity index is 0.812. The van der Waals surface area contributed by atoms with Crippen molar-refractivity contribution in [2.45, 2.75) is 13.3 Å². The molecule has 13 aromatic carbocycles. The van der Waals surface area contributed by atoms with Crippen LogP contribution in [0.4, 0.5) is 0 Å². The number of fused-ring (bicyclic) bond motifs is 20. The van der Waals surface area contributed by atoms with E-state index in [1.54, 1.807) is 0 Å². The second kappa shape index (κ2) is 20.1. The number of para-hydroxylation sites is 4. The molecule has 0 radical (unpaired) electrons. The van der Waals surface area contributed by atoms with E-state index in [1.807, 2.05) is 11.3 Å². The normalized spacial score (nSPS) is 13.7. The van der Waals surface area contributed by atoms with Gasteiger partial charge in [-0.1, -0.05) is 213 Å². The van der Waals surface area contributed by atoms with Crippen molar-refractivity contribution in [3.05, 3.63) is 291 Å². The Labute approximate surface area is 537 Å². The number of rotatable bonds is 7. The largest absolute Gasteiger partial charge is 0.309 e. The maximum Gasteiger partial charge on any atom is 0.235 e. The molecule has 19 aromatic rings. The van der Waals surface area contributed by atoms with E-state index in [2.05, 4.69) is 306 Å². The summed E-state index contributed by atoms with van der Waals surface area (Å²) in [6.45, 7) is 2.28. The smallest absolute Gasteiger partial charge is 0.235 e. The van der Waals surface area contributed by atoms with Gasteiger partial charge in [0.25, 0.3) is 0 Å². The van der Waals surface area contributed by atoms with Crippen LogP contribution in [0.25, 0.3) is 186 Å². The van der Waals surface area contributed by atoms with Gasteiger partial charge in [0.1, 0.15) is 0 Å². The van der Waals surface area contributed by atoms with Gasteiger partial charge in [0.2, 0.25) is 11.9 Å². The van der Waals surface area contributed by atoms with Gasteiger partial charge in [-0.25, -0.2) is 19.9 Å². The molecule has 93 heavy (non-hydrogen) atoms. The van der Waals surface area contributed by atoms with Crippen molar-refractivity contribution in [2.75, 3.05) is 0 Å². The lowest BCUT2D eigenvalue weighted by molar-refractivity contribution is 0.746. The van der Waals surface area contributed by atoms with Crippen molar-refractivity contribution in [1.29, 1.82) is 0 Å². The van der Waals surface area contributed by atoms with Crippen LogP contribution in [-0.2, 0) is 0 Å². The first-order valence-electron chi connectivity index (χ1n) is 31.9. The van der Waals surface area contributed by atoms with Crippen molar-refractivity contribution in [3.63, 3.8) is 0 Å². The Hall–Kier alpha value is -11.8. The molecule has 0 fully saturated rings. The van der Waals surface area contributed by atoms with Crippen LogP contribution in [-0.4, -0.2) is 33.6 Å². The van der Waals surface area contributed by atoms with Gasteiger partial charge in [0.05, 0.1) is 60.2 Å². The first-order valence-corrected chi connectivity index (χ1v) is 32.7. The molecule has 434 valence electrons. The second-order valence-corrected chi connectivity index (χ2v) is 26.0. The molecule has 0 N–H and O–H groups in total. The molecule has 1 aliphatic rings. The topological polar surface area (TPSA) is 66.3 Å². The minimum atomic E-state index is 0.394. The molecule has 1 aliphatic carbocycles. The van der Waals surface area contributed by atoms with Crippen LogP contribution in [0.2, 0.25) is 0 Å². The third-order valence-electron chi connectivity index (χ3n) is 19.6. The summed E-state index contributed by atoms with van der Waals surface area (Å²) in [6, 6.07) is 97.2. The number of thiophene rings is 1. The number of hydrogen-bond acceptors (Lipinski definition) is 5. The SMILES string of the molecule is CC1C=CC=C(c2nc(-n3c4ccc(-c5ccc6c(c5)c5ccccc5n6-c5ccccc5)cc4c4ccc(-c5ccc6sc7c(c6c5)c5ccccc5c5c6ccccc6n(-c6nc(-c8ccccc8)c8ccc9ccccc9c8n6)c75)cc43)nc3ccccc23)C1. The average Bonchev–Trinajstić information content (AvgIpc) is 1.56. The molecule has 0 saturated carbocycles. The van der Waals surface area contributed by atoms with Gasteiger partial charge >= 0.3 is 0 Å². The summed E-state index contributed by atoms with van der Waals surface area (Å²) in [5.74, 6) is 1.69. The van der Waals surface area contributed by atoms with Crippen molar-refractivity contribution >= 4 is 146 Å². The zero-order chi connectivity index (χ0) is 61.0. The summed E-state index contributed by atoms with van der Waals surface area (Å²) in [7, 11) is 0. The summed E-state index contributed by atoms with van der Waals surface area (Å²) in [5.41, 5.74) is 18.3. The molecule has 0 aliphatic heterocycles. The van der Waals surface area contributed by atoms with Crippen LogP contribution in [0.15, 0.2) is 285 Å². The van der Waals surface area contributed by atoms with Crippen LogP contribution >= 0.6 is 11.3 Å². The fraction of sp³-hybridized carbons (Fsp3) is 0.0353. The van der Waals surface area contributed by atoms with Gasteiger partial charge in [-0.2, -0.15) is 0 Å². The quantitative estimate of drug-likeness (QED) is 0.149. The molecular weight excluding hydrogens is 1150 g/mol. The van der Waals surface area contributed by atoms with Gasteiger partial charge in [-0.3, -0.25) is 9.13 Å². The van der Waals surface area contributed by atoms with E-state index in [9.17, 15) is 0 Å². The van der Waals surface area contributed by atoms with E-state index in [1.165, 1.54) is 69.1 Å². The lowest BCUT2D eigenvalue weighted by Crippen LogP contribution is -2.07. The van der Waals surface area contributed by atoms with Crippen molar-refractivity contribution in [1.82, 2.24) is 33.6 Å². The highest BCUT2D eigenvalue weighted by atomic mass is 32.1. The minimum Gasteiger partial charge on any atom is -0.309 e. The van der Waals surface area contributed by atoms with E-state index in [4.69, 9.17) is 19.9 Å². The second-order valence-electron chi connectivity index (χ2n) is 24.9. The van der Waals surface area contributed by atoms with E-state index >= 15 is 0 Å². The average molecular weight is 1200 g/mol. The first-order chi connectivity index (χ1) is 46.0. The lowest BCUT2D eigenvalue weighted by Gasteiger charge is -2.17. The van der Waals surface area contributed by atoms with E-state index in [0.29, 0.717) is 17.8 Å². The zero-order valence-corrected chi connectivity index (χ0v) is 51.3. The molecule has 1 atom stereocenters. The first kappa shape index (κ1) is 52.0. The zero-order valence-electron chi connectivity index (χ0n) is 50.5. The standard InChI is InChI=1S/C85H53N7S/c1-50-19-18-23-57(45-50)80-64-30-12-15-32-70(64)86-84(88-80)91-74-43-38-54(53-37-42-73-67(46-53)60-27-13-16-33-71(60)90(73)58-24-6-3-7-25-58)47-68(74)61-40-36-56(49-75(61)91)55-39-44-76-69(48-55)78-63-29-11-10-28-62(63)77-65-31-14-17-34-72(65)92(82(77)83(78)93-76)85-87-79(52-21-4-2-5-22-52)66-41-35-51-20-8-9-26-59(51)81(66)89-85/h2-44,46-50H,45H2,1H3. The fourth-order valence-corrected chi connectivity index (χ4v) is 16.6. The molecule has 1 unspecified atom stereocenters. The Morgan fingerprint density at radius 2 is 0.925 bits per heavy atom. The maximum atomic E-state index is 5.63. The lowest BCUT2D eigenvalue weighted by atomic mass is 9.92. The van der Waals surface area contributed by atoms with E-state index in [0.717, 1.165) is 117 Å². The number of hydrogen-bond donors (Lipinski definition) is 0. The summed E-state index contributed by atoms with van der Waals surface area (Å²) < 4.78 is 9.46. The van der Waals surface area contributed by atoms with Gasteiger partial charge in [0.15, 0.2) is 0 Å². The van der Waals surface area contributed by atoms with Crippen LogP contribution < -0.4 is 0 Å². The molecule has 0 saturated heterocycles. The number of allylic oxidation sites excluding steroid dienone is 4. The molecule has 7 nitrogen and oxygen atoms in total. The molecule has 20 rings (SSSR count). The van der Waals surface area contributed by atoms with Crippen LogP contribution in [0.3, 0.4) is 0 Å². The summed E-state index contributed by atoms with van der Waals surface area (Å²) >= 11 is 1.85. The minimum absolute atomic E-state index is 0.394. The van der Waals surface area contributed by atoms with E-state index < -0.39 is 0 Å². The monoisotopic (exact) mass is 1200 g/mol.